The van der Waals surface area contributed by atoms with Crippen LogP contribution in [0.3, 0.4) is 0 Å². The average Bonchev–Trinajstić information content (AvgIpc) is 2.96. The molecule has 0 aliphatic heterocycles. The van der Waals surface area contributed by atoms with Gasteiger partial charge in [-0.3, -0.25) is 0 Å². The number of aromatic nitrogens is 1. The molecule has 0 bridgehead atoms. The minimum atomic E-state index is 0.686. The quantitative estimate of drug-likeness (QED) is 0.504. The summed E-state index contributed by atoms with van der Waals surface area (Å²) in [6.45, 7) is 1.90. The molecule has 0 saturated carbocycles. The Hall–Kier alpha value is -2.30. The van der Waals surface area contributed by atoms with Gasteiger partial charge in [0.25, 0.3) is 0 Å². The summed E-state index contributed by atoms with van der Waals surface area (Å²) >= 11 is 6.19. The van der Waals surface area contributed by atoms with Crippen molar-refractivity contribution in [3.05, 3.63) is 47.5 Å². The van der Waals surface area contributed by atoms with E-state index in [1.165, 1.54) is 0 Å². The first-order valence-electron chi connectivity index (χ1n) is 8.42. The third kappa shape index (κ3) is 3.03. The van der Waals surface area contributed by atoms with Crippen LogP contribution in [0.4, 0.5) is 5.69 Å². The highest BCUT2D eigenvalue weighted by Crippen LogP contribution is 2.37. The van der Waals surface area contributed by atoms with Gasteiger partial charge in [-0.2, -0.15) is 0 Å². The van der Waals surface area contributed by atoms with Gasteiger partial charge in [0.2, 0.25) is 0 Å². The maximum Gasteiger partial charge on any atom is 0.177 e. The Kier molecular flexibility index (Phi) is 4.24. The van der Waals surface area contributed by atoms with Crippen LogP contribution in [0.1, 0.15) is 6.42 Å². The van der Waals surface area contributed by atoms with Gasteiger partial charge in [0, 0.05) is 22.3 Å². The lowest BCUT2D eigenvalue weighted by Crippen LogP contribution is -2.16. The molecule has 0 fully saturated rings. The molecule has 0 atom stereocenters. The van der Waals surface area contributed by atoms with E-state index in [0.29, 0.717) is 5.02 Å². The zero-order valence-corrected chi connectivity index (χ0v) is 15.1. The van der Waals surface area contributed by atoms with Crippen LogP contribution in [0, 0.1) is 0 Å². The van der Waals surface area contributed by atoms with Crippen molar-refractivity contribution in [2.75, 3.05) is 32.5 Å². The minimum absolute atomic E-state index is 0.686. The topological polar surface area (TPSA) is 41.3 Å². The normalized spacial score (nSPS) is 11.8. The molecular formula is C20H20ClN3O. The van der Waals surface area contributed by atoms with E-state index < -0.39 is 0 Å². The molecule has 5 heteroatoms. The number of nitrogens with zero attached hydrogens (tertiary/aromatic N) is 2. The molecule has 2 heterocycles. The Balaban J connectivity index is 1.88. The predicted octanol–water partition coefficient (Wildman–Crippen LogP) is 5.15. The first kappa shape index (κ1) is 16.2. The third-order valence-corrected chi connectivity index (χ3v) is 4.58. The van der Waals surface area contributed by atoms with Crippen LogP contribution in [0.2, 0.25) is 5.02 Å². The van der Waals surface area contributed by atoms with Gasteiger partial charge in [0.15, 0.2) is 5.58 Å². The van der Waals surface area contributed by atoms with Gasteiger partial charge in [0.1, 0.15) is 11.1 Å². The number of fused-ring (bicyclic) bond motifs is 4. The minimum Gasteiger partial charge on any atom is -0.452 e. The third-order valence-electron chi connectivity index (χ3n) is 4.34. The van der Waals surface area contributed by atoms with Crippen molar-refractivity contribution in [3.63, 3.8) is 0 Å². The summed E-state index contributed by atoms with van der Waals surface area (Å²) in [5.41, 5.74) is 4.40. The predicted molar refractivity (Wildman–Crippen MR) is 106 cm³/mol. The van der Waals surface area contributed by atoms with Crippen LogP contribution in [-0.2, 0) is 0 Å². The van der Waals surface area contributed by atoms with E-state index in [1.54, 1.807) is 0 Å². The number of halogens is 1. The molecule has 0 aliphatic carbocycles. The summed E-state index contributed by atoms with van der Waals surface area (Å²) < 4.78 is 6.13. The number of nitrogens with one attached hydrogen (secondary N) is 1. The summed E-state index contributed by atoms with van der Waals surface area (Å²) in [6, 6.07) is 13.8. The standard InChI is InChI=1S/C20H20ClN3O/c1-24(2)11-5-10-22-18-14-9-8-13(21)12-16(14)23-19-15-6-3-4-7-17(15)25-20(18)19/h3-4,6-9,12H,5,10-11H2,1-2H3,(H,22,23). The number of pyridine rings is 1. The smallest absolute Gasteiger partial charge is 0.177 e. The second-order valence-electron chi connectivity index (χ2n) is 6.51. The van der Waals surface area contributed by atoms with Crippen LogP contribution in [0.25, 0.3) is 33.0 Å². The first-order chi connectivity index (χ1) is 12.1. The second-order valence-corrected chi connectivity index (χ2v) is 6.94. The van der Waals surface area contributed by atoms with E-state index in [4.69, 9.17) is 21.0 Å². The Morgan fingerprint density at radius 3 is 2.80 bits per heavy atom. The molecule has 2 aromatic carbocycles. The summed E-state index contributed by atoms with van der Waals surface area (Å²) in [7, 11) is 4.17. The summed E-state index contributed by atoms with van der Waals surface area (Å²) in [5, 5.41) is 6.30. The van der Waals surface area contributed by atoms with Crippen LogP contribution in [0.5, 0.6) is 0 Å². The molecular weight excluding hydrogens is 334 g/mol. The summed E-state index contributed by atoms with van der Waals surface area (Å²) in [4.78, 5) is 7.00. The van der Waals surface area contributed by atoms with Crippen molar-refractivity contribution in [2.24, 2.45) is 0 Å². The van der Waals surface area contributed by atoms with Crippen molar-refractivity contribution in [1.29, 1.82) is 0 Å². The lowest BCUT2D eigenvalue weighted by Gasteiger charge is -2.12. The van der Waals surface area contributed by atoms with E-state index >= 15 is 0 Å². The number of hydrogen-bond acceptors (Lipinski definition) is 4. The largest absolute Gasteiger partial charge is 0.452 e. The Morgan fingerprint density at radius 1 is 1.12 bits per heavy atom. The van der Waals surface area contributed by atoms with Crippen molar-refractivity contribution in [2.45, 2.75) is 6.42 Å². The van der Waals surface area contributed by atoms with Gasteiger partial charge >= 0.3 is 0 Å². The van der Waals surface area contributed by atoms with Gasteiger partial charge < -0.3 is 14.6 Å². The number of benzene rings is 2. The molecule has 4 aromatic rings. The van der Waals surface area contributed by atoms with Gasteiger partial charge in [-0.25, -0.2) is 4.98 Å². The average molecular weight is 354 g/mol. The van der Waals surface area contributed by atoms with E-state index in [-0.39, 0.29) is 0 Å². The highest BCUT2D eigenvalue weighted by atomic mass is 35.5. The fourth-order valence-corrected chi connectivity index (χ4v) is 3.31. The zero-order valence-electron chi connectivity index (χ0n) is 14.3. The van der Waals surface area contributed by atoms with Crippen LogP contribution < -0.4 is 5.32 Å². The molecule has 4 nitrogen and oxygen atoms in total. The number of furan rings is 1. The molecule has 128 valence electrons. The van der Waals surface area contributed by atoms with Crippen molar-refractivity contribution in [3.8, 4) is 0 Å². The second kappa shape index (κ2) is 6.54. The summed E-state index contributed by atoms with van der Waals surface area (Å²) in [5.74, 6) is 0. The molecule has 0 amide bonds. The van der Waals surface area contributed by atoms with Crippen molar-refractivity contribution in [1.82, 2.24) is 9.88 Å². The van der Waals surface area contributed by atoms with Crippen molar-refractivity contribution < 1.29 is 4.42 Å². The van der Waals surface area contributed by atoms with Crippen LogP contribution in [-0.4, -0.2) is 37.1 Å². The number of hydrogen-bond donors (Lipinski definition) is 1. The lowest BCUT2D eigenvalue weighted by molar-refractivity contribution is 0.405. The number of anilines is 1. The molecule has 2 aromatic heterocycles. The molecule has 0 radical (unpaired) electrons. The Labute approximate surface area is 151 Å². The molecule has 4 rings (SSSR count). The molecule has 25 heavy (non-hydrogen) atoms. The fraction of sp³-hybridized carbons (Fsp3) is 0.250. The van der Waals surface area contributed by atoms with E-state index in [2.05, 4.69) is 24.3 Å². The Morgan fingerprint density at radius 2 is 1.96 bits per heavy atom. The van der Waals surface area contributed by atoms with Gasteiger partial charge in [-0.15, -0.1) is 0 Å². The van der Waals surface area contributed by atoms with E-state index in [1.807, 2.05) is 42.5 Å². The number of rotatable bonds is 5. The number of para-hydroxylation sites is 1. The first-order valence-corrected chi connectivity index (χ1v) is 8.80. The monoisotopic (exact) mass is 353 g/mol. The molecule has 1 N–H and O–H groups in total. The SMILES string of the molecule is CN(C)CCCNc1c2ccc(Cl)cc2nc2c1oc1ccccc12. The van der Waals surface area contributed by atoms with E-state index in [9.17, 15) is 0 Å². The maximum atomic E-state index is 6.19. The van der Waals surface area contributed by atoms with Gasteiger partial charge in [-0.1, -0.05) is 23.7 Å². The fourth-order valence-electron chi connectivity index (χ4n) is 3.15. The highest BCUT2D eigenvalue weighted by Gasteiger charge is 2.16. The molecule has 0 unspecified atom stereocenters. The molecule has 0 spiro atoms. The van der Waals surface area contributed by atoms with E-state index in [0.717, 1.165) is 58.2 Å². The highest BCUT2D eigenvalue weighted by molar-refractivity contribution is 6.31. The van der Waals surface area contributed by atoms with Crippen molar-refractivity contribution >= 4 is 50.3 Å². The maximum absolute atomic E-state index is 6.19. The van der Waals surface area contributed by atoms with Crippen LogP contribution in [0.15, 0.2) is 46.9 Å². The molecule has 0 aliphatic rings. The lowest BCUT2D eigenvalue weighted by atomic mass is 10.1. The van der Waals surface area contributed by atoms with Gasteiger partial charge in [-0.05, 0) is 57.4 Å². The van der Waals surface area contributed by atoms with Gasteiger partial charge in [0.05, 0.1) is 11.2 Å². The molecule has 0 saturated heterocycles. The summed E-state index contributed by atoms with van der Waals surface area (Å²) in [6.07, 6.45) is 1.05. The van der Waals surface area contributed by atoms with Crippen LogP contribution >= 0.6 is 11.6 Å². The zero-order chi connectivity index (χ0) is 17.4. The Bertz CT molecular complexity index is 1060.